The average Bonchev–Trinajstić information content (AvgIpc) is 2.46. The molecule has 1 rings (SSSR count). The molecule has 1 unspecified atom stereocenters. The highest BCUT2D eigenvalue weighted by atomic mass is 32.2. The topological polar surface area (TPSA) is 37.4 Å². The molecule has 1 aromatic rings. The Morgan fingerprint density at radius 2 is 1.80 bits per heavy atom. The molecule has 0 radical (unpaired) electrons. The van der Waals surface area contributed by atoms with Gasteiger partial charge in [-0.05, 0) is 37.5 Å². The number of nitrogens with zero attached hydrogens (tertiary/aromatic N) is 1. The maximum Gasteiger partial charge on any atom is 0.243 e. The van der Waals surface area contributed by atoms with Gasteiger partial charge in [-0.15, -0.1) is 0 Å². The third kappa shape index (κ3) is 4.50. The van der Waals surface area contributed by atoms with Gasteiger partial charge in [-0.3, -0.25) is 0 Å². The molecule has 20 heavy (non-hydrogen) atoms. The standard InChI is InChI=1S/C15H25NO2S2/c1-4-5-6-7-14-8-10-15(11-9-14)20(17,18)16(3)13(2)12-19/h8-11,13,19H,4-7,12H2,1-3H3. The van der Waals surface area contributed by atoms with E-state index in [9.17, 15) is 8.42 Å². The lowest BCUT2D eigenvalue weighted by atomic mass is 10.1. The molecule has 5 heteroatoms. The Kier molecular flexibility index (Phi) is 7.06. The monoisotopic (exact) mass is 315 g/mol. The first kappa shape index (κ1) is 17.5. The summed E-state index contributed by atoms with van der Waals surface area (Å²) in [6.45, 7) is 4.03. The second kappa shape index (κ2) is 8.05. The second-order valence-electron chi connectivity index (χ2n) is 5.15. The Bertz CT molecular complexity index is 497. The van der Waals surface area contributed by atoms with Crippen molar-refractivity contribution < 1.29 is 8.42 Å². The average molecular weight is 316 g/mol. The van der Waals surface area contributed by atoms with E-state index in [1.807, 2.05) is 19.1 Å². The molecule has 0 aliphatic rings. The fourth-order valence-corrected chi connectivity index (χ4v) is 3.64. The van der Waals surface area contributed by atoms with E-state index in [4.69, 9.17) is 0 Å². The predicted octanol–water partition coefficient (Wildman–Crippen LogP) is 3.36. The van der Waals surface area contributed by atoms with Crippen molar-refractivity contribution in [2.24, 2.45) is 0 Å². The quantitative estimate of drug-likeness (QED) is 0.590. The molecule has 1 aromatic carbocycles. The minimum atomic E-state index is -3.41. The maximum atomic E-state index is 12.4. The van der Waals surface area contributed by atoms with Crippen molar-refractivity contribution >= 4 is 22.7 Å². The van der Waals surface area contributed by atoms with Gasteiger partial charge in [-0.2, -0.15) is 16.9 Å². The molecule has 0 saturated carbocycles. The summed E-state index contributed by atoms with van der Waals surface area (Å²) in [5, 5.41) is 0. The minimum absolute atomic E-state index is 0.118. The highest BCUT2D eigenvalue weighted by Crippen LogP contribution is 2.18. The van der Waals surface area contributed by atoms with Crippen LogP contribution in [0.25, 0.3) is 0 Å². The van der Waals surface area contributed by atoms with Crippen LogP contribution in [0.15, 0.2) is 29.2 Å². The summed E-state index contributed by atoms with van der Waals surface area (Å²) in [4.78, 5) is 0.355. The van der Waals surface area contributed by atoms with Crippen molar-refractivity contribution in [3.63, 3.8) is 0 Å². The van der Waals surface area contributed by atoms with Crippen molar-refractivity contribution in [1.82, 2.24) is 4.31 Å². The molecule has 0 aliphatic heterocycles. The van der Waals surface area contributed by atoms with E-state index in [0.717, 1.165) is 12.8 Å². The van der Waals surface area contributed by atoms with Gasteiger partial charge in [0, 0.05) is 18.8 Å². The zero-order valence-corrected chi connectivity index (χ0v) is 14.3. The van der Waals surface area contributed by atoms with E-state index < -0.39 is 10.0 Å². The highest BCUT2D eigenvalue weighted by Gasteiger charge is 2.24. The van der Waals surface area contributed by atoms with Crippen molar-refractivity contribution in [1.29, 1.82) is 0 Å². The first-order valence-corrected chi connectivity index (χ1v) is 9.18. The number of hydrogen-bond donors (Lipinski definition) is 1. The molecule has 3 nitrogen and oxygen atoms in total. The smallest absolute Gasteiger partial charge is 0.207 e. The molecule has 0 amide bonds. The van der Waals surface area contributed by atoms with E-state index in [0.29, 0.717) is 10.6 Å². The zero-order chi connectivity index (χ0) is 15.2. The molecule has 0 spiro atoms. The molecule has 0 heterocycles. The van der Waals surface area contributed by atoms with Gasteiger partial charge in [-0.25, -0.2) is 8.42 Å². The Morgan fingerprint density at radius 1 is 1.20 bits per heavy atom. The van der Waals surface area contributed by atoms with Crippen LogP contribution < -0.4 is 0 Å². The summed E-state index contributed by atoms with van der Waals surface area (Å²) in [6.07, 6.45) is 4.57. The molecule has 114 valence electrons. The van der Waals surface area contributed by atoms with Gasteiger partial charge in [0.15, 0.2) is 0 Å². The maximum absolute atomic E-state index is 12.4. The van der Waals surface area contributed by atoms with Gasteiger partial charge in [0.1, 0.15) is 0 Å². The zero-order valence-electron chi connectivity index (χ0n) is 12.5. The number of rotatable bonds is 8. The SMILES string of the molecule is CCCCCc1ccc(S(=O)(=O)N(C)C(C)CS)cc1. The van der Waals surface area contributed by atoms with Gasteiger partial charge in [0.25, 0.3) is 0 Å². The van der Waals surface area contributed by atoms with Crippen LogP contribution in [0.5, 0.6) is 0 Å². The van der Waals surface area contributed by atoms with Crippen LogP contribution in [-0.2, 0) is 16.4 Å². The van der Waals surface area contributed by atoms with Crippen molar-refractivity contribution in [2.75, 3.05) is 12.8 Å². The molecular formula is C15H25NO2S2. The third-order valence-electron chi connectivity index (χ3n) is 3.55. The number of unbranched alkanes of at least 4 members (excludes halogenated alkanes) is 2. The number of sulfonamides is 1. The minimum Gasteiger partial charge on any atom is -0.207 e. The fraction of sp³-hybridized carbons (Fsp3) is 0.600. The van der Waals surface area contributed by atoms with Crippen LogP contribution in [0.1, 0.15) is 38.7 Å². The number of thiol groups is 1. The lowest BCUT2D eigenvalue weighted by molar-refractivity contribution is 0.415. The van der Waals surface area contributed by atoms with Gasteiger partial charge in [0.05, 0.1) is 4.90 Å². The van der Waals surface area contributed by atoms with E-state index in [1.165, 1.54) is 22.7 Å². The molecule has 0 bridgehead atoms. The Hall–Kier alpha value is -0.520. The Balaban J connectivity index is 2.81. The summed E-state index contributed by atoms with van der Waals surface area (Å²) in [6, 6.07) is 7.13. The molecular weight excluding hydrogens is 290 g/mol. The lowest BCUT2D eigenvalue weighted by Gasteiger charge is -2.22. The van der Waals surface area contributed by atoms with Crippen molar-refractivity contribution in [2.45, 2.75) is 50.5 Å². The van der Waals surface area contributed by atoms with Crippen LogP contribution in [0, 0.1) is 0 Å². The number of benzene rings is 1. The predicted molar refractivity (Wildman–Crippen MR) is 87.9 cm³/mol. The molecule has 0 saturated heterocycles. The van der Waals surface area contributed by atoms with Gasteiger partial charge in [0.2, 0.25) is 10.0 Å². The molecule has 0 fully saturated rings. The van der Waals surface area contributed by atoms with Crippen LogP contribution in [0.2, 0.25) is 0 Å². The summed E-state index contributed by atoms with van der Waals surface area (Å²) >= 11 is 4.16. The van der Waals surface area contributed by atoms with Gasteiger partial charge in [-0.1, -0.05) is 31.9 Å². The first-order valence-electron chi connectivity index (χ1n) is 7.11. The van der Waals surface area contributed by atoms with E-state index in [-0.39, 0.29) is 6.04 Å². The Morgan fingerprint density at radius 3 is 2.30 bits per heavy atom. The molecule has 0 N–H and O–H groups in total. The van der Waals surface area contributed by atoms with Crippen LogP contribution in [0.3, 0.4) is 0 Å². The lowest BCUT2D eigenvalue weighted by Crippen LogP contribution is -2.36. The molecule has 0 aromatic heterocycles. The van der Waals surface area contributed by atoms with Crippen LogP contribution in [0.4, 0.5) is 0 Å². The number of aryl methyl sites for hydroxylation is 1. The second-order valence-corrected chi connectivity index (χ2v) is 7.52. The van der Waals surface area contributed by atoms with Crippen LogP contribution in [-0.4, -0.2) is 31.6 Å². The Labute approximate surface area is 128 Å². The largest absolute Gasteiger partial charge is 0.243 e. The first-order chi connectivity index (χ1) is 9.43. The summed E-state index contributed by atoms with van der Waals surface area (Å²) in [5.41, 5.74) is 1.20. The van der Waals surface area contributed by atoms with E-state index in [2.05, 4.69) is 19.6 Å². The number of hydrogen-bond acceptors (Lipinski definition) is 3. The van der Waals surface area contributed by atoms with E-state index >= 15 is 0 Å². The van der Waals surface area contributed by atoms with Gasteiger partial charge < -0.3 is 0 Å². The van der Waals surface area contributed by atoms with Gasteiger partial charge >= 0.3 is 0 Å². The molecule has 0 aliphatic carbocycles. The highest BCUT2D eigenvalue weighted by molar-refractivity contribution is 7.89. The summed E-state index contributed by atoms with van der Waals surface area (Å²) in [5.74, 6) is 0.505. The van der Waals surface area contributed by atoms with E-state index in [1.54, 1.807) is 19.2 Å². The summed E-state index contributed by atoms with van der Waals surface area (Å²) < 4.78 is 26.2. The summed E-state index contributed by atoms with van der Waals surface area (Å²) in [7, 11) is -1.81. The normalized spacial score (nSPS) is 13.7. The van der Waals surface area contributed by atoms with Crippen molar-refractivity contribution in [3.8, 4) is 0 Å². The van der Waals surface area contributed by atoms with Crippen LogP contribution >= 0.6 is 12.6 Å². The van der Waals surface area contributed by atoms with Crippen molar-refractivity contribution in [3.05, 3.63) is 29.8 Å². The molecule has 1 atom stereocenters. The third-order valence-corrected chi connectivity index (χ3v) is 6.07. The fourth-order valence-electron chi connectivity index (χ4n) is 1.93.